The highest BCUT2D eigenvalue weighted by atomic mass is 35.5. The molecule has 2 N–H and O–H groups in total. The maximum absolute atomic E-state index is 12.0. The van der Waals surface area contributed by atoms with Gasteiger partial charge in [0.2, 0.25) is 10.0 Å². The standard InChI is InChI=1S/C9H11ClF3NO3S2/c10-7-1-2-8(18-7)19(16,17)14-6(5-15)3-4-9(11,12)13/h1-2,6,14-15H,3-5H2. The van der Waals surface area contributed by atoms with E-state index in [4.69, 9.17) is 16.7 Å². The molecule has 0 fully saturated rings. The van der Waals surface area contributed by atoms with E-state index in [1.54, 1.807) is 0 Å². The van der Waals surface area contributed by atoms with Gasteiger partial charge in [0.1, 0.15) is 4.21 Å². The summed E-state index contributed by atoms with van der Waals surface area (Å²) in [6.07, 6.45) is -6.10. The molecule has 1 rings (SSSR count). The quantitative estimate of drug-likeness (QED) is 0.837. The average Bonchev–Trinajstić information content (AvgIpc) is 2.70. The fraction of sp³-hybridized carbons (Fsp3) is 0.556. The van der Waals surface area contributed by atoms with Crippen molar-refractivity contribution in [1.82, 2.24) is 4.72 Å². The molecule has 1 heterocycles. The van der Waals surface area contributed by atoms with Crippen LogP contribution in [0.4, 0.5) is 13.2 Å². The zero-order chi connectivity index (χ0) is 14.7. The lowest BCUT2D eigenvalue weighted by molar-refractivity contribution is -0.136. The van der Waals surface area contributed by atoms with E-state index < -0.39 is 41.7 Å². The summed E-state index contributed by atoms with van der Waals surface area (Å²) in [6, 6.07) is 1.42. The van der Waals surface area contributed by atoms with Crippen molar-refractivity contribution in [3.63, 3.8) is 0 Å². The lowest BCUT2D eigenvalue weighted by Gasteiger charge is -2.16. The summed E-state index contributed by atoms with van der Waals surface area (Å²) in [5.41, 5.74) is 0. The van der Waals surface area contributed by atoms with E-state index in [0.29, 0.717) is 0 Å². The van der Waals surface area contributed by atoms with Gasteiger partial charge < -0.3 is 5.11 Å². The third-order valence-electron chi connectivity index (χ3n) is 2.13. The Hall–Kier alpha value is -0.350. The topological polar surface area (TPSA) is 66.4 Å². The second-order valence-corrected chi connectivity index (χ2v) is 7.37. The van der Waals surface area contributed by atoms with Crippen molar-refractivity contribution in [2.75, 3.05) is 6.61 Å². The van der Waals surface area contributed by atoms with Crippen molar-refractivity contribution in [2.45, 2.75) is 29.3 Å². The second kappa shape index (κ2) is 6.40. The van der Waals surface area contributed by atoms with E-state index in [1.807, 2.05) is 4.72 Å². The van der Waals surface area contributed by atoms with Gasteiger partial charge in [-0.05, 0) is 18.6 Å². The van der Waals surface area contributed by atoms with E-state index in [1.165, 1.54) is 12.1 Å². The second-order valence-electron chi connectivity index (χ2n) is 3.71. The van der Waals surface area contributed by atoms with E-state index >= 15 is 0 Å². The van der Waals surface area contributed by atoms with Crippen LogP contribution in [-0.2, 0) is 10.0 Å². The van der Waals surface area contributed by atoms with Crippen molar-refractivity contribution in [3.8, 4) is 0 Å². The zero-order valence-corrected chi connectivity index (χ0v) is 11.8. The number of alkyl halides is 3. The van der Waals surface area contributed by atoms with Gasteiger partial charge in [0.25, 0.3) is 0 Å². The Morgan fingerprint density at radius 3 is 2.47 bits per heavy atom. The number of halogens is 4. The summed E-state index contributed by atoms with van der Waals surface area (Å²) in [5.74, 6) is 0. The summed E-state index contributed by atoms with van der Waals surface area (Å²) < 4.78 is 61.8. The Kier molecular flexibility index (Phi) is 5.63. The van der Waals surface area contributed by atoms with Gasteiger partial charge in [-0.15, -0.1) is 11.3 Å². The van der Waals surface area contributed by atoms with E-state index in [-0.39, 0.29) is 8.55 Å². The molecule has 0 aromatic carbocycles. The third kappa shape index (κ3) is 5.65. The Bertz CT molecular complexity index is 515. The molecule has 19 heavy (non-hydrogen) atoms. The molecule has 4 nitrogen and oxygen atoms in total. The van der Waals surface area contributed by atoms with Crippen LogP contribution < -0.4 is 4.72 Å². The number of nitrogens with one attached hydrogen (secondary N) is 1. The van der Waals surface area contributed by atoms with Crippen LogP contribution in [-0.4, -0.2) is 32.3 Å². The molecule has 0 aliphatic carbocycles. The number of sulfonamides is 1. The van der Waals surface area contributed by atoms with Gasteiger partial charge in [-0.25, -0.2) is 13.1 Å². The minimum atomic E-state index is -4.40. The molecule has 0 saturated heterocycles. The van der Waals surface area contributed by atoms with Crippen LogP contribution >= 0.6 is 22.9 Å². The normalized spacial score (nSPS) is 14.6. The molecule has 1 atom stereocenters. The number of hydrogen-bond acceptors (Lipinski definition) is 4. The van der Waals surface area contributed by atoms with Gasteiger partial charge in [-0.3, -0.25) is 0 Å². The van der Waals surface area contributed by atoms with Crippen LogP contribution in [0.25, 0.3) is 0 Å². The van der Waals surface area contributed by atoms with Crippen molar-refractivity contribution in [3.05, 3.63) is 16.5 Å². The molecular weight excluding hydrogens is 327 g/mol. The number of hydrogen-bond donors (Lipinski definition) is 2. The molecule has 0 radical (unpaired) electrons. The fourth-order valence-corrected chi connectivity index (χ4v) is 4.01. The molecular formula is C9H11ClF3NO3S2. The van der Waals surface area contributed by atoms with E-state index in [9.17, 15) is 21.6 Å². The van der Waals surface area contributed by atoms with Crippen LogP contribution in [0, 0.1) is 0 Å². The zero-order valence-electron chi connectivity index (χ0n) is 9.45. The Labute approximate surface area is 117 Å². The lowest BCUT2D eigenvalue weighted by atomic mass is 10.2. The molecule has 10 heteroatoms. The van der Waals surface area contributed by atoms with Crippen molar-refractivity contribution < 1.29 is 26.7 Å². The van der Waals surface area contributed by atoms with E-state index in [2.05, 4.69) is 0 Å². The molecule has 0 aliphatic rings. The first-order chi connectivity index (χ1) is 8.64. The summed E-state index contributed by atoms with van der Waals surface area (Å²) in [6.45, 7) is -0.714. The minimum Gasteiger partial charge on any atom is -0.395 e. The Morgan fingerprint density at radius 1 is 1.42 bits per heavy atom. The average molecular weight is 338 g/mol. The molecule has 1 unspecified atom stereocenters. The van der Waals surface area contributed by atoms with Gasteiger partial charge in [-0.2, -0.15) is 13.2 Å². The van der Waals surface area contributed by atoms with Crippen LogP contribution in [0.5, 0.6) is 0 Å². The van der Waals surface area contributed by atoms with Gasteiger partial charge in [0, 0.05) is 12.5 Å². The number of aliphatic hydroxyl groups excluding tert-OH is 1. The molecule has 0 saturated carbocycles. The maximum Gasteiger partial charge on any atom is 0.389 e. The SMILES string of the molecule is O=S(=O)(NC(CO)CCC(F)(F)F)c1ccc(Cl)s1. The molecule has 0 bridgehead atoms. The van der Waals surface area contributed by atoms with Crippen LogP contribution in [0.3, 0.4) is 0 Å². The number of rotatable bonds is 6. The van der Waals surface area contributed by atoms with Gasteiger partial charge in [0.15, 0.2) is 0 Å². The fourth-order valence-electron chi connectivity index (χ4n) is 1.24. The maximum atomic E-state index is 12.0. The first-order valence-electron chi connectivity index (χ1n) is 5.09. The van der Waals surface area contributed by atoms with Crippen LogP contribution in [0.1, 0.15) is 12.8 Å². The summed E-state index contributed by atoms with van der Waals surface area (Å²) in [5, 5.41) is 8.92. The highest BCUT2D eigenvalue weighted by Crippen LogP contribution is 2.26. The monoisotopic (exact) mass is 337 g/mol. The summed E-state index contributed by atoms with van der Waals surface area (Å²) >= 11 is 6.37. The largest absolute Gasteiger partial charge is 0.395 e. The third-order valence-corrected chi connectivity index (χ3v) is 5.38. The minimum absolute atomic E-state index is 0.108. The highest BCUT2D eigenvalue weighted by molar-refractivity contribution is 7.91. The van der Waals surface area contributed by atoms with Crippen molar-refractivity contribution in [1.29, 1.82) is 0 Å². The van der Waals surface area contributed by atoms with Gasteiger partial charge in [0.05, 0.1) is 10.9 Å². The molecule has 1 aromatic rings. The van der Waals surface area contributed by atoms with Gasteiger partial charge in [-0.1, -0.05) is 11.6 Å². The Balaban J connectivity index is 2.70. The van der Waals surface area contributed by atoms with Crippen molar-refractivity contribution >= 4 is 33.0 Å². The summed E-state index contributed by atoms with van der Waals surface area (Å²) in [7, 11) is -3.96. The molecule has 1 aromatic heterocycles. The van der Waals surface area contributed by atoms with Crippen LogP contribution in [0.15, 0.2) is 16.3 Å². The highest BCUT2D eigenvalue weighted by Gasteiger charge is 2.30. The van der Waals surface area contributed by atoms with E-state index in [0.717, 1.165) is 11.3 Å². The van der Waals surface area contributed by atoms with Gasteiger partial charge >= 0.3 is 6.18 Å². The Morgan fingerprint density at radius 2 is 2.05 bits per heavy atom. The predicted molar refractivity (Wildman–Crippen MR) is 65.8 cm³/mol. The lowest BCUT2D eigenvalue weighted by Crippen LogP contribution is -2.37. The van der Waals surface area contributed by atoms with Crippen LogP contribution in [0.2, 0.25) is 4.34 Å². The number of thiophene rings is 1. The predicted octanol–water partition coefficient (Wildman–Crippen LogP) is 2.38. The first kappa shape index (κ1) is 16.7. The molecule has 0 aliphatic heterocycles. The molecule has 110 valence electrons. The smallest absolute Gasteiger partial charge is 0.389 e. The number of aliphatic hydroxyl groups is 1. The summed E-state index contributed by atoms with van der Waals surface area (Å²) in [4.78, 5) is 0. The molecule has 0 spiro atoms. The molecule has 0 amide bonds. The van der Waals surface area contributed by atoms with Crippen molar-refractivity contribution in [2.24, 2.45) is 0 Å². The first-order valence-corrected chi connectivity index (χ1v) is 7.77.